The van der Waals surface area contributed by atoms with Gasteiger partial charge >= 0.3 is 6.18 Å². The lowest BCUT2D eigenvalue weighted by Crippen LogP contribution is -2.42. The summed E-state index contributed by atoms with van der Waals surface area (Å²) in [4.78, 5) is 20.3. The minimum Gasteiger partial charge on any atom is -0.467 e. The van der Waals surface area contributed by atoms with Gasteiger partial charge in [-0.1, -0.05) is 38.1 Å². The van der Waals surface area contributed by atoms with Crippen molar-refractivity contribution in [3.05, 3.63) is 35.4 Å². The maximum atomic E-state index is 12.2. The molecule has 5 nitrogen and oxygen atoms in total. The van der Waals surface area contributed by atoms with Gasteiger partial charge in [-0.2, -0.15) is 13.2 Å². The van der Waals surface area contributed by atoms with Crippen LogP contribution in [0.25, 0.3) is 0 Å². The van der Waals surface area contributed by atoms with Gasteiger partial charge in [-0.05, 0) is 24.0 Å². The molecule has 0 amide bonds. The lowest BCUT2D eigenvalue weighted by molar-refractivity contribution is -0.155. The number of ether oxygens (including phenoxy) is 1. The molecule has 0 saturated carbocycles. The number of hydrogen-bond acceptors (Lipinski definition) is 5. The number of Topliss-reactive ketones (excluding diaryl/α,β-unsaturated/α-hetero) is 1. The number of carbonyl (C=O) groups excluding carboxylic acids is 1. The Labute approximate surface area is 163 Å². The molecule has 2 atom stereocenters. The second kappa shape index (κ2) is 9.82. The van der Waals surface area contributed by atoms with Crippen LogP contribution in [-0.2, 0) is 16.0 Å². The summed E-state index contributed by atoms with van der Waals surface area (Å²) in [5.41, 5.74) is 2.20. The van der Waals surface area contributed by atoms with E-state index in [4.69, 9.17) is 0 Å². The summed E-state index contributed by atoms with van der Waals surface area (Å²) in [5.74, 6) is 0.383. The van der Waals surface area contributed by atoms with E-state index < -0.39 is 12.8 Å². The molecule has 0 spiro atoms. The Morgan fingerprint density at radius 2 is 1.93 bits per heavy atom. The van der Waals surface area contributed by atoms with Gasteiger partial charge in [0, 0.05) is 12.5 Å². The molecule has 1 aromatic rings. The molecule has 0 saturated heterocycles. The zero-order valence-corrected chi connectivity index (χ0v) is 16.3. The molecule has 1 aliphatic heterocycles. The number of aliphatic imine (C=N–C) groups is 2. The standard InChI is InChI=1S/C20H26F3N3O2/c1-13(2)16-6-4-15(5-7-16)8-17(27)9-24-14(3)18-10-26-19(11-25-18)28-12-20(21,22)23/h4-7,11,13-14,18,24H,8-10,12H2,1-3H3/t14-,18-/m1/s1. The van der Waals surface area contributed by atoms with Crippen molar-refractivity contribution in [1.82, 2.24) is 5.32 Å². The monoisotopic (exact) mass is 397 g/mol. The quantitative estimate of drug-likeness (QED) is 0.732. The third kappa shape index (κ3) is 7.42. The SMILES string of the molecule is CC(C)c1ccc(CC(=O)CN[C@H](C)[C@H]2CN=C(OCC(F)(F)F)C=N2)cc1. The Kier molecular flexibility index (Phi) is 7.74. The average molecular weight is 397 g/mol. The summed E-state index contributed by atoms with van der Waals surface area (Å²) < 4.78 is 41.0. The second-order valence-electron chi connectivity index (χ2n) is 7.21. The first-order valence-electron chi connectivity index (χ1n) is 9.25. The molecule has 1 heterocycles. The fourth-order valence-corrected chi connectivity index (χ4v) is 2.68. The fraction of sp³-hybridized carbons (Fsp3) is 0.550. The Morgan fingerprint density at radius 3 is 2.46 bits per heavy atom. The lowest BCUT2D eigenvalue weighted by atomic mass is 10.00. The third-order valence-electron chi connectivity index (χ3n) is 4.44. The van der Waals surface area contributed by atoms with Gasteiger partial charge in [0.25, 0.3) is 0 Å². The average Bonchev–Trinajstić information content (AvgIpc) is 2.64. The van der Waals surface area contributed by atoms with E-state index in [0.29, 0.717) is 12.3 Å². The first-order valence-corrected chi connectivity index (χ1v) is 9.25. The zero-order chi connectivity index (χ0) is 20.7. The topological polar surface area (TPSA) is 63.0 Å². The number of hydrogen-bond donors (Lipinski definition) is 1. The normalized spacial score (nSPS) is 18.1. The summed E-state index contributed by atoms with van der Waals surface area (Å²) in [7, 11) is 0. The Bertz CT molecular complexity index is 712. The van der Waals surface area contributed by atoms with Crippen molar-refractivity contribution in [3.63, 3.8) is 0 Å². The maximum absolute atomic E-state index is 12.2. The van der Waals surface area contributed by atoms with Gasteiger partial charge in [-0.25, -0.2) is 4.99 Å². The van der Waals surface area contributed by atoms with Crippen LogP contribution in [0.15, 0.2) is 34.3 Å². The van der Waals surface area contributed by atoms with Crippen LogP contribution in [0.5, 0.6) is 0 Å². The van der Waals surface area contributed by atoms with E-state index in [-0.39, 0.29) is 36.9 Å². The molecule has 1 aliphatic rings. The van der Waals surface area contributed by atoms with Crippen LogP contribution >= 0.6 is 0 Å². The minimum atomic E-state index is -4.41. The Balaban J connectivity index is 1.73. The van der Waals surface area contributed by atoms with Gasteiger partial charge in [-0.15, -0.1) is 0 Å². The van der Waals surface area contributed by atoms with Crippen molar-refractivity contribution in [2.24, 2.45) is 9.98 Å². The largest absolute Gasteiger partial charge is 0.467 e. The number of rotatable bonds is 8. The number of benzene rings is 1. The van der Waals surface area contributed by atoms with Crippen LogP contribution in [0.2, 0.25) is 0 Å². The number of carbonyl (C=O) groups is 1. The Morgan fingerprint density at radius 1 is 1.25 bits per heavy atom. The van der Waals surface area contributed by atoms with Crippen LogP contribution in [0.4, 0.5) is 13.2 Å². The molecule has 154 valence electrons. The number of halogens is 3. The van der Waals surface area contributed by atoms with Gasteiger partial charge in [0.1, 0.15) is 0 Å². The second-order valence-corrected chi connectivity index (χ2v) is 7.21. The molecule has 0 fully saturated rings. The van der Waals surface area contributed by atoms with Crippen LogP contribution < -0.4 is 5.32 Å². The first-order chi connectivity index (χ1) is 13.1. The predicted octanol–water partition coefficient (Wildman–Crippen LogP) is 3.33. The van der Waals surface area contributed by atoms with Crippen LogP contribution in [0, 0.1) is 0 Å². The van der Waals surface area contributed by atoms with Crippen molar-refractivity contribution in [2.45, 2.75) is 51.4 Å². The number of nitrogens with zero attached hydrogens (tertiary/aromatic N) is 2. The van der Waals surface area contributed by atoms with Crippen molar-refractivity contribution in [1.29, 1.82) is 0 Å². The van der Waals surface area contributed by atoms with Gasteiger partial charge < -0.3 is 10.1 Å². The molecular formula is C20H26F3N3O2. The number of alkyl halides is 3. The summed E-state index contributed by atoms with van der Waals surface area (Å²) in [5, 5.41) is 3.12. The smallest absolute Gasteiger partial charge is 0.422 e. The molecule has 0 aromatic heterocycles. The highest BCUT2D eigenvalue weighted by Gasteiger charge is 2.29. The first kappa shape index (κ1) is 22.1. The van der Waals surface area contributed by atoms with Gasteiger partial charge in [0.05, 0.1) is 25.3 Å². The summed E-state index contributed by atoms with van der Waals surface area (Å²) in [6.07, 6.45) is -2.85. The van der Waals surface area contributed by atoms with E-state index in [1.165, 1.54) is 11.8 Å². The van der Waals surface area contributed by atoms with E-state index in [2.05, 4.69) is 33.9 Å². The van der Waals surface area contributed by atoms with E-state index in [1.807, 2.05) is 31.2 Å². The van der Waals surface area contributed by atoms with Crippen molar-refractivity contribution in [3.8, 4) is 0 Å². The minimum absolute atomic E-state index is 0.0571. The summed E-state index contributed by atoms with van der Waals surface area (Å²) >= 11 is 0. The van der Waals surface area contributed by atoms with E-state index >= 15 is 0 Å². The highest BCUT2D eigenvalue weighted by Crippen LogP contribution is 2.16. The maximum Gasteiger partial charge on any atom is 0.422 e. The molecule has 0 bridgehead atoms. The highest BCUT2D eigenvalue weighted by molar-refractivity contribution is 6.26. The Hall–Kier alpha value is -2.22. The summed E-state index contributed by atoms with van der Waals surface area (Å²) in [6.45, 7) is 5.12. The third-order valence-corrected chi connectivity index (χ3v) is 4.44. The van der Waals surface area contributed by atoms with Gasteiger partial charge in [0.15, 0.2) is 12.4 Å². The van der Waals surface area contributed by atoms with E-state index in [9.17, 15) is 18.0 Å². The zero-order valence-electron chi connectivity index (χ0n) is 16.3. The van der Waals surface area contributed by atoms with Gasteiger partial charge in [-0.3, -0.25) is 9.79 Å². The number of ketones is 1. The van der Waals surface area contributed by atoms with Crippen molar-refractivity contribution < 1.29 is 22.7 Å². The molecule has 8 heteroatoms. The molecule has 0 unspecified atom stereocenters. The van der Waals surface area contributed by atoms with Crippen molar-refractivity contribution >= 4 is 17.9 Å². The molecule has 2 rings (SSSR count). The molecule has 28 heavy (non-hydrogen) atoms. The van der Waals surface area contributed by atoms with Crippen molar-refractivity contribution in [2.75, 3.05) is 19.7 Å². The fourth-order valence-electron chi connectivity index (χ4n) is 2.68. The molecule has 0 aliphatic carbocycles. The molecular weight excluding hydrogens is 371 g/mol. The lowest BCUT2D eigenvalue weighted by Gasteiger charge is -2.22. The van der Waals surface area contributed by atoms with Crippen LogP contribution in [-0.4, -0.2) is 55.9 Å². The molecule has 1 aromatic carbocycles. The van der Waals surface area contributed by atoms with Gasteiger partial charge in [0.2, 0.25) is 5.90 Å². The highest BCUT2D eigenvalue weighted by atomic mass is 19.4. The van der Waals surface area contributed by atoms with Crippen LogP contribution in [0.3, 0.4) is 0 Å². The molecule has 0 radical (unpaired) electrons. The van der Waals surface area contributed by atoms with E-state index in [1.54, 1.807) is 0 Å². The van der Waals surface area contributed by atoms with Crippen LogP contribution in [0.1, 0.15) is 37.8 Å². The summed E-state index contributed by atoms with van der Waals surface area (Å²) in [6, 6.07) is 7.62. The predicted molar refractivity (Wildman–Crippen MR) is 103 cm³/mol. The number of nitrogens with one attached hydrogen (secondary N) is 1. The van der Waals surface area contributed by atoms with E-state index in [0.717, 1.165) is 5.56 Å². The molecule has 1 N–H and O–H groups in total.